The van der Waals surface area contributed by atoms with E-state index in [1.54, 1.807) is 0 Å². The van der Waals surface area contributed by atoms with E-state index in [9.17, 15) is 13.5 Å². The van der Waals surface area contributed by atoms with Gasteiger partial charge in [-0.3, -0.25) is 0 Å². The molecule has 0 aromatic rings. The van der Waals surface area contributed by atoms with Crippen molar-refractivity contribution in [1.29, 1.82) is 0 Å². The van der Waals surface area contributed by atoms with Crippen molar-refractivity contribution >= 4 is 9.84 Å². The van der Waals surface area contributed by atoms with Crippen molar-refractivity contribution in [1.82, 2.24) is 0 Å². The smallest absolute Gasteiger partial charge is 0.150 e. The van der Waals surface area contributed by atoms with Gasteiger partial charge in [0.2, 0.25) is 0 Å². The minimum absolute atomic E-state index is 0.0747. The molecular weight excluding hydrogens is 264 g/mol. The molecule has 2 aliphatic carbocycles. The Kier molecular flexibility index (Phi) is 4.90. The Hall–Kier alpha value is -0.130. The van der Waals surface area contributed by atoms with Crippen LogP contribution in [-0.4, -0.2) is 43.8 Å². The molecule has 0 bridgehead atoms. The van der Waals surface area contributed by atoms with E-state index >= 15 is 0 Å². The fourth-order valence-electron chi connectivity index (χ4n) is 3.28. The van der Waals surface area contributed by atoms with Gasteiger partial charge in [0.1, 0.15) is 9.84 Å². The maximum absolute atomic E-state index is 11.7. The van der Waals surface area contributed by atoms with Gasteiger partial charge in [-0.15, -0.1) is 0 Å². The molecule has 4 atom stereocenters. The summed E-state index contributed by atoms with van der Waals surface area (Å²) in [6.45, 7) is 2.56. The molecule has 0 radical (unpaired) electrons. The standard InChI is InChI=1S/C14H26O4S/c1-3-18-14(10-7-8-10)13(15)11-5-4-6-12(9-11)19(2,16)17/h10-15H,3-9H2,1-2H3. The summed E-state index contributed by atoms with van der Waals surface area (Å²) in [6, 6.07) is 0. The Morgan fingerprint density at radius 2 is 1.89 bits per heavy atom. The molecule has 5 heteroatoms. The largest absolute Gasteiger partial charge is 0.390 e. The molecule has 4 nitrogen and oxygen atoms in total. The zero-order chi connectivity index (χ0) is 14.0. The van der Waals surface area contributed by atoms with Crippen LogP contribution in [0.5, 0.6) is 0 Å². The Bertz CT molecular complexity index is 388. The van der Waals surface area contributed by atoms with Crippen molar-refractivity contribution in [3.05, 3.63) is 0 Å². The Morgan fingerprint density at radius 1 is 1.21 bits per heavy atom. The minimum Gasteiger partial charge on any atom is -0.390 e. The molecule has 0 amide bonds. The van der Waals surface area contributed by atoms with Gasteiger partial charge < -0.3 is 9.84 Å². The van der Waals surface area contributed by atoms with E-state index in [4.69, 9.17) is 4.74 Å². The Labute approximate surface area is 116 Å². The van der Waals surface area contributed by atoms with Crippen LogP contribution in [0.1, 0.15) is 45.4 Å². The molecular formula is C14H26O4S. The average molecular weight is 290 g/mol. The maximum Gasteiger partial charge on any atom is 0.150 e. The second-order valence-corrected chi connectivity index (χ2v) is 8.45. The summed E-state index contributed by atoms with van der Waals surface area (Å²) < 4.78 is 29.1. The van der Waals surface area contributed by atoms with Crippen molar-refractivity contribution in [2.45, 2.75) is 62.9 Å². The van der Waals surface area contributed by atoms with Crippen molar-refractivity contribution < 1.29 is 18.3 Å². The summed E-state index contributed by atoms with van der Waals surface area (Å²) >= 11 is 0. The first kappa shape index (κ1) is 15.3. The van der Waals surface area contributed by atoms with Gasteiger partial charge in [0.15, 0.2) is 0 Å². The van der Waals surface area contributed by atoms with E-state index < -0.39 is 15.9 Å². The summed E-state index contributed by atoms with van der Waals surface area (Å²) in [5, 5.41) is 10.3. The molecule has 0 aromatic carbocycles. The highest BCUT2D eigenvalue weighted by Crippen LogP contribution is 2.40. The number of hydrogen-bond acceptors (Lipinski definition) is 4. The molecule has 0 heterocycles. The lowest BCUT2D eigenvalue weighted by Crippen LogP contribution is -2.41. The summed E-state index contributed by atoms with van der Waals surface area (Å²) in [6.07, 6.45) is 6.12. The molecule has 0 saturated heterocycles. The molecule has 112 valence electrons. The van der Waals surface area contributed by atoms with Crippen LogP contribution in [0.4, 0.5) is 0 Å². The van der Waals surface area contributed by atoms with Crippen molar-refractivity contribution in [2.75, 3.05) is 12.9 Å². The predicted molar refractivity (Wildman–Crippen MR) is 74.7 cm³/mol. The third-order valence-electron chi connectivity index (χ3n) is 4.54. The van der Waals surface area contributed by atoms with Gasteiger partial charge in [0, 0.05) is 12.9 Å². The topological polar surface area (TPSA) is 63.6 Å². The average Bonchev–Trinajstić information content (AvgIpc) is 3.18. The lowest BCUT2D eigenvalue weighted by molar-refractivity contribution is -0.0748. The molecule has 19 heavy (non-hydrogen) atoms. The summed E-state index contributed by atoms with van der Waals surface area (Å²) in [5.74, 6) is 0.555. The van der Waals surface area contributed by atoms with Gasteiger partial charge in [0.05, 0.1) is 17.5 Å². The summed E-state index contributed by atoms with van der Waals surface area (Å²) in [5.41, 5.74) is 0. The second kappa shape index (κ2) is 6.10. The van der Waals surface area contributed by atoms with E-state index in [1.165, 1.54) is 6.26 Å². The molecule has 2 aliphatic rings. The van der Waals surface area contributed by atoms with Gasteiger partial charge in [-0.2, -0.15) is 0 Å². The fourth-order valence-corrected chi connectivity index (χ4v) is 4.47. The molecule has 0 spiro atoms. The summed E-state index contributed by atoms with van der Waals surface area (Å²) in [4.78, 5) is 0. The van der Waals surface area contributed by atoms with Gasteiger partial charge in [0.25, 0.3) is 0 Å². The van der Waals surface area contributed by atoms with Crippen LogP contribution in [0.15, 0.2) is 0 Å². The normalized spacial score (nSPS) is 31.9. The van der Waals surface area contributed by atoms with Crippen LogP contribution in [0.3, 0.4) is 0 Å². The van der Waals surface area contributed by atoms with Crippen molar-refractivity contribution in [3.8, 4) is 0 Å². The van der Waals surface area contributed by atoms with E-state index in [0.29, 0.717) is 18.9 Å². The third kappa shape index (κ3) is 3.92. The van der Waals surface area contributed by atoms with Crippen LogP contribution < -0.4 is 0 Å². The number of sulfone groups is 1. The van der Waals surface area contributed by atoms with E-state index in [0.717, 1.165) is 32.1 Å². The maximum atomic E-state index is 11.7. The third-order valence-corrected chi connectivity index (χ3v) is 6.18. The molecule has 4 unspecified atom stereocenters. The minimum atomic E-state index is -2.99. The predicted octanol–water partition coefficient (Wildman–Crippen LogP) is 1.77. The lowest BCUT2D eigenvalue weighted by atomic mass is 9.82. The zero-order valence-electron chi connectivity index (χ0n) is 11.9. The van der Waals surface area contributed by atoms with Gasteiger partial charge in [-0.25, -0.2) is 8.42 Å². The van der Waals surface area contributed by atoms with Crippen LogP contribution in [0.25, 0.3) is 0 Å². The van der Waals surface area contributed by atoms with Gasteiger partial charge >= 0.3 is 0 Å². The first-order chi connectivity index (χ1) is 8.93. The molecule has 1 N–H and O–H groups in total. The molecule has 0 aromatic heterocycles. The highest BCUT2D eigenvalue weighted by Gasteiger charge is 2.42. The molecule has 2 rings (SSSR count). The van der Waals surface area contributed by atoms with E-state index in [-0.39, 0.29) is 17.3 Å². The van der Waals surface area contributed by atoms with Crippen LogP contribution >= 0.6 is 0 Å². The SMILES string of the molecule is CCOC(C1CC1)C(O)C1CCCC(S(C)(=O)=O)C1. The van der Waals surface area contributed by atoms with E-state index in [2.05, 4.69) is 0 Å². The highest BCUT2D eigenvalue weighted by atomic mass is 32.2. The number of aliphatic hydroxyl groups is 1. The number of rotatable bonds is 6. The zero-order valence-corrected chi connectivity index (χ0v) is 12.7. The number of ether oxygens (including phenoxy) is 1. The van der Waals surface area contributed by atoms with Gasteiger partial charge in [-0.05, 0) is 50.9 Å². The number of hydrogen-bond donors (Lipinski definition) is 1. The van der Waals surface area contributed by atoms with E-state index in [1.807, 2.05) is 6.92 Å². The molecule has 2 saturated carbocycles. The highest BCUT2D eigenvalue weighted by molar-refractivity contribution is 7.91. The Balaban J connectivity index is 1.99. The van der Waals surface area contributed by atoms with Crippen LogP contribution in [0.2, 0.25) is 0 Å². The van der Waals surface area contributed by atoms with Crippen molar-refractivity contribution in [3.63, 3.8) is 0 Å². The fraction of sp³-hybridized carbons (Fsp3) is 1.00. The van der Waals surface area contributed by atoms with Gasteiger partial charge in [-0.1, -0.05) is 6.42 Å². The molecule has 2 fully saturated rings. The summed E-state index contributed by atoms with van der Waals surface area (Å²) in [7, 11) is -2.99. The quantitative estimate of drug-likeness (QED) is 0.809. The van der Waals surface area contributed by atoms with Crippen LogP contribution in [-0.2, 0) is 14.6 Å². The Morgan fingerprint density at radius 3 is 2.42 bits per heavy atom. The molecule has 0 aliphatic heterocycles. The second-order valence-electron chi connectivity index (χ2n) is 6.13. The number of aliphatic hydroxyl groups excluding tert-OH is 1. The van der Waals surface area contributed by atoms with Crippen molar-refractivity contribution in [2.24, 2.45) is 11.8 Å². The first-order valence-corrected chi connectivity index (χ1v) is 9.37. The monoisotopic (exact) mass is 290 g/mol. The van der Waals surface area contributed by atoms with Crippen LogP contribution in [0, 0.1) is 11.8 Å². The lowest BCUT2D eigenvalue weighted by Gasteiger charge is -2.35. The first-order valence-electron chi connectivity index (χ1n) is 7.42.